The van der Waals surface area contributed by atoms with Gasteiger partial charge in [0.1, 0.15) is 6.33 Å². The van der Waals surface area contributed by atoms with Crippen LogP contribution in [0.3, 0.4) is 0 Å². The molecule has 1 aliphatic rings. The normalized spacial score (nSPS) is 14.1. The van der Waals surface area contributed by atoms with Crippen molar-refractivity contribution in [2.24, 2.45) is 0 Å². The summed E-state index contributed by atoms with van der Waals surface area (Å²) in [4.78, 5) is 19.2. The summed E-state index contributed by atoms with van der Waals surface area (Å²) in [6, 6.07) is 3.85. The van der Waals surface area contributed by atoms with Gasteiger partial charge in [-0.15, -0.1) is 0 Å². The number of nitrogens with zero attached hydrogens (tertiary/aromatic N) is 2. The van der Waals surface area contributed by atoms with Crippen molar-refractivity contribution in [2.75, 3.05) is 5.32 Å². The van der Waals surface area contributed by atoms with Crippen molar-refractivity contribution in [2.45, 2.75) is 6.42 Å². The number of rotatable bonds is 0. The lowest BCUT2D eigenvalue weighted by Crippen LogP contribution is -2.03. The summed E-state index contributed by atoms with van der Waals surface area (Å²) in [6.45, 7) is 0. The van der Waals surface area contributed by atoms with Gasteiger partial charge in [0, 0.05) is 17.3 Å². The second kappa shape index (κ2) is 2.51. The monoisotopic (exact) mass is 185 g/mol. The van der Waals surface area contributed by atoms with Crippen LogP contribution in [0.15, 0.2) is 24.7 Å². The van der Waals surface area contributed by atoms with Gasteiger partial charge < -0.3 is 5.32 Å². The lowest BCUT2D eigenvalue weighted by molar-refractivity contribution is -0.115. The number of aromatic nitrogens is 2. The third kappa shape index (κ3) is 0.970. The SMILES string of the molecule is O=C1Cc2cc3cncnc3cc2N1. The molecule has 0 spiro atoms. The molecule has 0 radical (unpaired) electrons. The molecule has 0 saturated heterocycles. The maximum Gasteiger partial charge on any atom is 0.228 e. The van der Waals surface area contributed by atoms with Crippen LogP contribution in [0.1, 0.15) is 5.56 Å². The van der Waals surface area contributed by atoms with Crippen LogP contribution in [0, 0.1) is 0 Å². The van der Waals surface area contributed by atoms with E-state index in [2.05, 4.69) is 15.3 Å². The predicted molar refractivity (Wildman–Crippen MR) is 51.9 cm³/mol. The van der Waals surface area contributed by atoms with Crippen LogP contribution in [-0.2, 0) is 11.2 Å². The van der Waals surface area contributed by atoms with Gasteiger partial charge in [-0.1, -0.05) is 0 Å². The summed E-state index contributed by atoms with van der Waals surface area (Å²) < 4.78 is 0. The van der Waals surface area contributed by atoms with Gasteiger partial charge in [0.25, 0.3) is 0 Å². The Balaban J connectivity index is 2.31. The first-order chi connectivity index (χ1) is 6.83. The van der Waals surface area contributed by atoms with Gasteiger partial charge in [-0.3, -0.25) is 4.79 Å². The summed E-state index contributed by atoms with van der Waals surface area (Å²) >= 11 is 0. The van der Waals surface area contributed by atoms with Crippen LogP contribution in [-0.4, -0.2) is 15.9 Å². The number of nitrogens with one attached hydrogen (secondary N) is 1. The zero-order chi connectivity index (χ0) is 9.54. The molecule has 4 nitrogen and oxygen atoms in total. The van der Waals surface area contributed by atoms with E-state index in [1.165, 1.54) is 6.33 Å². The first-order valence-electron chi connectivity index (χ1n) is 4.35. The van der Waals surface area contributed by atoms with Gasteiger partial charge in [0.05, 0.1) is 11.9 Å². The highest BCUT2D eigenvalue weighted by atomic mass is 16.1. The Labute approximate surface area is 80.0 Å². The van der Waals surface area contributed by atoms with E-state index in [0.717, 1.165) is 22.2 Å². The highest BCUT2D eigenvalue weighted by Gasteiger charge is 2.17. The molecule has 0 saturated carbocycles. The third-order valence-electron chi connectivity index (χ3n) is 2.35. The topological polar surface area (TPSA) is 54.9 Å². The van der Waals surface area contributed by atoms with E-state index >= 15 is 0 Å². The molecule has 2 aromatic rings. The highest BCUT2D eigenvalue weighted by Crippen LogP contribution is 2.26. The number of carbonyl (C=O) groups excluding carboxylic acids is 1. The summed E-state index contributed by atoms with van der Waals surface area (Å²) in [5.74, 6) is 0.0447. The van der Waals surface area contributed by atoms with Crippen molar-refractivity contribution in [3.63, 3.8) is 0 Å². The molecule has 14 heavy (non-hydrogen) atoms. The lowest BCUT2D eigenvalue weighted by atomic mass is 10.1. The van der Waals surface area contributed by atoms with Crippen molar-refractivity contribution in [3.05, 3.63) is 30.2 Å². The van der Waals surface area contributed by atoms with Gasteiger partial charge >= 0.3 is 0 Å². The molecule has 1 aromatic carbocycles. The van der Waals surface area contributed by atoms with Gasteiger partial charge in [-0.25, -0.2) is 9.97 Å². The second-order valence-electron chi connectivity index (χ2n) is 3.32. The Morgan fingerprint density at radius 1 is 1.36 bits per heavy atom. The van der Waals surface area contributed by atoms with Crippen molar-refractivity contribution < 1.29 is 4.79 Å². The van der Waals surface area contributed by atoms with Crippen molar-refractivity contribution >= 4 is 22.5 Å². The lowest BCUT2D eigenvalue weighted by Gasteiger charge is -2.00. The summed E-state index contributed by atoms with van der Waals surface area (Å²) in [6.07, 6.45) is 3.72. The van der Waals surface area contributed by atoms with Crippen LogP contribution in [0.4, 0.5) is 5.69 Å². The molecule has 68 valence electrons. The molecule has 1 aromatic heterocycles. The van der Waals surface area contributed by atoms with Crippen LogP contribution in [0.2, 0.25) is 0 Å². The molecule has 2 heterocycles. The fourth-order valence-electron chi connectivity index (χ4n) is 1.71. The quantitative estimate of drug-likeness (QED) is 0.669. The average Bonchev–Trinajstić information content (AvgIpc) is 2.53. The van der Waals surface area contributed by atoms with E-state index in [0.29, 0.717) is 6.42 Å². The van der Waals surface area contributed by atoms with Crippen LogP contribution in [0.25, 0.3) is 10.9 Å². The summed E-state index contributed by atoms with van der Waals surface area (Å²) in [5, 5.41) is 3.76. The smallest absolute Gasteiger partial charge is 0.228 e. The standard InChI is InChI=1S/C10H7N3O/c14-10-2-6-1-7-4-11-5-12-8(7)3-9(6)13-10/h1,3-5H,2H2,(H,13,14). The maximum atomic E-state index is 11.1. The Hall–Kier alpha value is -1.97. The van der Waals surface area contributed by atoms with Gasteiger partial charge in [0.2, 0.25) is 5.91 Å². The van der Waals surface area contributed by atoms with Crippen molar-refractivity contribution in [1.29, 1.82) is 0 Å². The van der Waals surface area contributed by atoms with Crippen LogP contribution >= 0.6 is 0 Å². The minimum absolute atomic E-state index is 0.0447. The van der Waals surface area contributed by atoms with Crippen molar-refractivity contribution in [1.82, 2.24) is 9.97 Å². The third-order valence-corrected chi connectivity index (χ3v) is 2.35. The van der Waals surface area contributed by atoms with E-state index in [9.17, 15) is 4.79 Å². The Bertz CT molecular complexity index is 489. The molecular formula is C10H7N3O. The first kappa shape index (κ1) is 7.44. The Kier molecular flexibility index (Phi) is 1.33. The van der Waals surface area contributed by atoms with Crippen LogP contribution < -0.4 is 5.32 Å². The molecule has 0 bridgehead atoms. The molecule has 0 unspecified atom stereocenters. The van der Waals surface area contributed by atoms with E-state index in [4.69, 9.17) is 0 Å². The minimum atomic E-state index is 0.0447. The summed E-state index contributed by atoms with van der Waals surface area (Å²) in [5.41, 5.74) is 2.76. The van der Waals surface area contributed by atoms with Gasteiger partial charge in [-0.05, 0) is 17.7 Å². The van der Waals surface area contributed by atoms with Crippen molar-refractivity contribution in [3.8, 4) is 0 Å². The molecule has 1 aliphatic heterocycles. The molecule has 0 atom stereocenters. The van der Waals surface area contributed by atoms with E-state index in [-0.39, 0.29) is 5.91 Å². The number of amides is 1. The average molecular weight is 185 g/mol. The number of hydrogen-bond donors (Lipinski definition) is 1. The number of hydrogen-bond acceptors (Lipinski definition) is 3. The maximum absolute atomic E-state index is 11.1. The molecule has 4 heteroatoms. The summed E-state index contributed by atoms with van der Waals surface area (Å²) in [7, 11) is 0. The molecular weight excluding hydrogens is 178 g/mol. The number of anilines is 1. The fraction of sp³-hybridized carbons (Fsp3) is 0.100. The first-order valence-corrected chi connectivity index (χ1v) is 4.35. The Morgan fingerprint density at radius 2 is 2.29 bits per heavy atom. The fourth-order valence-corrected chi connectivity index (χ4v) is 1.71. The largest absolute Gasteiger partial charge is 0.325 e. The number of benzene rings is 1. The van der Waals surface area contributed by atoms with E-state index in [1.807, 2.05) is 12.1 Å². The number of fused-ring (bicyclic) bond motifs is 2. The zero-order valence-electron chi connectivity index (χ0n) is 7.32. The van der Waals surface area contributed by atoms with Gasteiger partial charge in [0.15, 0.2) is 0 Å². The van der Waals surface area contributed by atoms with E-state index in [1.54, 1.807) is 6.20 Å². The molecule has 0 aliphatic carbocycles. The number of carbonyl (C=O) groups is 1. The highest BCUT2D eigenvalue weighted by molar-refractivity contribution is 6.02. The second-order valence-corrected chi connectivity index (χ2v) is 3.32. The Morgan fingerprint density at radius 3 is 3.21 bits per heavy atom. The zero-order valence-corrected chi connectivity index (χ0v) is 7.32. The minimum Gasteiger partial charge on any atom is -0.325 e. The molecule has 1 N–H and O–H groups in total. The predicted octanol–water partition coefficient (Wildman–Crippen LogP) is 1.12. The van der Waals surface area contributed by atoms with Gasteiger partial charge in [-0.2, -0.15) is 0 Å². The van der Waals surface area contributed by atoms with E-state index < -0.39 is 0 Å². The molecule has 3 rings (SSSR count). The molecule has 1 amide bonds. The molecule has 0 fully saturated rings. The van der Waals surface area contributed by atoms with Crippen LogP contribution in [0.5, 0.6) is 0 Å².